The van der Waals surface area contributed by atoms with Crippen molar-refractivity contribution < 1.29 is 19.1 Å². The van der Waals surface area contributed by atoms with Gasteiger partial charge in [0.2, 0.25) is 11.8 Å². The van der Waals surface area contributed by atoms with E-state index in [1.54, 1.807) is 39.1 Å². The van der Waals surface area contributed by atoms with Crippen molar-refractivity contribution in [2.24, 2.45) is 5.41 Å². The average molecular weight is 529 g/mol. The van der Waals surface area contributed by atoms with Crippen LogP contribution in [-0.2, 0) is 20.7 Å². The van der Waals surface area contributed by atoms with E-state index >= 15 is 0 Å². The average Bonchev–Trinajstić information content (AvgIpc) is 2.92. The smallest absolute Gasteiger partial charge is 0.423 e. The molecule has 0 saturated carbocycles. The molecule has 0 bridgehead atoms. The van der Waals surface area contributed by atoms with Crippen molar-refractivity contribution in [1.29, 1.82) is 0 Å². The molecule has 3 amide bonds. The molecule has 1 spiro atoms. The lowest BCUT2D eigenvalue weighted by Gasteiger charge is -2.43. The number of piperidine rings is 1. The van der Waals surface area contributed by atoms with E-state index in [0.29, 0.717) is 51.3 Å². The van der Waals surface area contributed by atoms with Crippen LogP contribution in [0.25, 0.3) is 11.6 Å². The molecule has 3 aliphatic heterocycles. The van der Waals surface area contributed by atoms with Crippen LogP contribution in [0.15, 0.2) is 54.7 Å². The highest BCUT2D eigenvalue weighted by Gasteiger charge is 2.50. The summed E-state index contributed by atoms with van der Waals surface area (Å²) in [5, 5.41) is 3.31. The molecular weight excluding hydrogens is 492 g/mol. The van der Waals surface area contributed by atoms with Crippen molar-refractivity contribution in [3.05, 3.63) is 71.4 Å². The Hall–Kier alpha value is -3.78. The molecule has 8 heteroatoms. The molecule has 1 aromatic heterocycles. The molecule has 204 valence electrons. The minimum Gasteiger partial charge on any atom is -0.443 e. The number of hydrogen-bond acceptors (Lipinski definition) is 6. The molecule has 1 aromatic carbocycles. The number of rotatable bonds is 3. The number of aromatic nitrogens is 1. The third-order valence-electron chi connectivity index (χ3n) is 7.58. The van der Waals surface area contributed by atoms with Crippen LogP contribution in [0.2, 0.25) is 0 Å². The molecule has 2 aromatic rings. The van der Waals surface area contributed by atoms with E-state index < -0.39 is 17.1 Å². The van der Waals surface area contributed by atoms with Crippen LogP contribution in [0.3, 0.4) is 0 Å². The molecule has 5 rings (SSSR count). The maximum atomic E-state index is 13.7. The van der Waals surface area contributed by atoms with Crippen molar-refractivity contribution >= 4 is 35.4 Å². The van der Waals surface area contributed by atoms with Crippen molar-refractivity contribution in [3.63, 3.8) is 0 Å². The minimum absolute atomic E-state index is 0.0588. The first-order valence-corrected chi connectivity index (χ1v) is 13.6. The second kappa shape index (κ2) is 10.8. The quantitative estimate of drug-likeness (QED) is 0.586. The Morgan fingerprint density at radius 2 is 1.87 bits per heavy atom. The van der Waals surface area contributed by atoms with Gasteiger partial charge in [0, 0.05) is 25.4 Å². The fourth-order valence-corrected chi connectivity index (χ4v) is 5.55. The van der Waals surface area contributed by atoms with Crippen molar-refractivity contribution in [2.75, 3.05) is 31.1 Å². The maximum absolute atomic E-state index is 13.7. The third-order valence-corrected chi connectivity index (χ3v) is 7.58. The standard InChI is InChI=1S/C31H36N4O4/c1-30(2,3)39-29(38)35-27-25(20-31(28(35)37)13-15-32-16-14-31)19-22(21-33-27)9-10-26(36)34-17-11-24(12-18-34)23-7-5-4-6-8-23/h4-11,19,21,32H,12-18,20H2,1-3H3/b10-9+. The van der Waals surface area contributed by atoms with Gasteiger partial charge in [0.25, 0.3) is 0 Å². The van der Waals surface area contributed by atoms with Crippen LogP contribution in [-0.4, -0.2) is 59.6 Å². The number of nitrogens with zero attached hydrogens (tertiary/aromatic N) is 3. The molecule has 4 heterocycles. The summed E-state index contributed by atoms with van der Waals surface area (Å²) < 4.78 is 5.59. The van der Waals surface area contributed by atoms with E-state index in [-0.39, 0.29) is 11.8 Å². The number of carbonyl (C=O) groups is 3. The first-order chi connectivity index (χ1) is 18.7. The van der Waals surface area contributed by atoms with Gasteiger partial charge in [-0.25, -0.2) is 9.78 Å². The van der Waals surface area contributed by atoms with Gasteiger partial charge in [-0.2, -0.15) is 4.90 Å². The van der Waals surface area contributed by atoms with Crippen molar-refractivity contribution in [3.8, 4) is 0 Å². The Kier molecular flexibility index (Phi) is 7.40. The Balaban J connectivity index is 1.35. The van der Waals surface area contributed by atoms with Crippen LogP contribution >= 0.6 is 0 Å². The van der Waals surface area contributed by atoms with E-state index in [9.17, 15) is 14.4 Å². The predicted octanol–water partition coefficient (Wildman–Crippen LogP) is 4.60. The molecule has 0 unspecified atom stereocenters. The fraction of sp³-hybridized carbons (Fsp3) is 0.419. The zero-order valence-electron chi connectivity index (χ0n) is 22.9. The normalized spacial score (nSPS) is 19.2. The van der Waals surface area contributed by atoms with E-state index in [2.05, 4.69) is 28.5 Å². The molecule has 39 heavy (non-hydrogen) atoms. The lowest BCUT2D eigenvalue weighted by Crippen LogP contribution is -2.56. The first kappa shape index (κ1) is 26.8. The number of anilines is 1. The van der Waals surface area contributed by atoms with E-state index in [4.69, 9.17) is 4.74 Å². The Morgan fingerprint density at radius 1 is 1.13 bits per heavy atom. The highest BCUT2D eigenvalue weighted by atomic mass is 16.6. The largest absolute Gasteiger partial charge is 0.443 e. The van der Waals surface area contributed by atoms with Gasteiger partial charge >= 0.3 is 6.09 Å². The van der Waals surface area contributed by atoms with Gasteiger partial charge in [0.05, 0.1) is 5.41 Å². The van der Waals surface area contributed by atoms with Gasteiger partial charge in [0.1, 0.15) is 11.4 Å². The number of imide groups is 1. The summed E-state index contributed by atoms with van der Waals surface area (Å²) in [4.78, 5) is 47.2. The van der Waals surface area contributed by atoms with Crippen molar-refractivity contribution in [1.82, 2.24) is 15.2 Å². The van der Waals surface area contributed by atoms with E-state index in [1.165, 1.54) is 11.1 Å². The Bertz CT molecular complexity index is 1320. The SMILES string of the molecule is CC(C)(C)OC(=O)N1C(=O)C2(CCNCC2)Cc2cc(/C=C/C(=O)N3CC=C(c4ccccc4)CC3)cnc21. The number of benzene rings is 1. The molecule has 3 aliphatic rings. The van der Waals surface area contributed by atoms with E-state index in [1.807, 2.05) is 29.2 Å². The number of hydrogen-bond donors (Lipinski definition) is 1. The van der Waals surface area contributed by atoms with Gasteiger partial charge < -0.3 is 15.0 Å². The fourth-order valence-electron chi connectivity index (χ4n) is 5.55. The number of pyridine rings is 1. The third kappa shape index (κ3) is 5.81. The van der Waals surface area contributed by atoms with E-state index in [0.717, 1.165) is 22.4 Å². The molecule has 1 saturated heterocycles. The lowest BCUT2D eigenvalue weighted by atomic mass is 9.71. The predicted molar refractivity (Wildman–Crippen MR) is 151 cm³/mol. The van der Waals surface area contributed by atoms with Gasteiger partial charge in [0.15, 0.2) is 0 Å². The van der Waals surface area contributed by atoms with Gasteiger partial charge in [-0.1, -0.05) is 36.4 Å². The highest BCUT2D eigenvalue weighted by Crippen LogP contribution is 2.43. The van der Waals surface area contributed by atoms with Crippen LogP contribution in [0.5, 0.6) is 0 Å². The summed E-state index contributed by atoms with van der Waals surface area (Å²) in [5.74, 6) is 0.0118. The van der Waals surface area contributed by atoms with Gasteiger partial charge in [-0.15, -0.1) is 0 Å². The Labute approximate surface area is 229 Å². The van der Waals surface area contributed by atoms with Crippen LogP contribution in [0.1, 0.15) is 56.7 Å². The van der Waals surface area contributed by atoms with Gasteiger partial charge in [-0.05, 0) is 93.9 Å². The zero-order valence-corrected chi connectivity index (χ0v) is 22.9. The summed E-state index contributed by atoms with van der Waals surface area (Å²) in [5.41, 5.74) is 2.60. The lowest BCUT2D eigenvalue weighted by molar-refractivity contribution is -0.130. The summed E-state index contributed by atoms with van der Waals surface area (Å²) in [6.45, 7) is 7.98. The summed E-state index contributed by atoms with van der Waals surface area (Å²) in [7, 11) is 0. The van der Waals surface area contributed by atoms with Gasteiger partial charge in [-0.3, -0.25) is 9.59 Å². The number of carbonyl (C=O) groups excluding carboxylic acids is 3. The molecule has 8 nitrogen and oxygen atoms in total. The molecule has 0 radical (unpaired) electrons. The summed E-state index contributed by atoms with van der Waals surface area (Å²) >= 11 is 0. The monoisotopic (exact) mass is 528 g/mol. The first-order valence-electron chi connectivity index (χ1n) is 13.6. The summed E-state index contributed by atoms with van der Waals surface area (Å²) in [6.07, 6.45) is 8.93. The molecular formula is C31H36N4O4. The molecule has 1 fully saturated rings. The minimum atomic E-state index is -0.745. The van der Waals surface area contributed by atoms with Crippen LogP contribution < -0.4 is 10.2 Å². The van der Waals surface area contributed by atoms with Crippen LogP contribution in [0, 0.1) is 5.41 Å². The van der Waals surface area contributed by atoms with Crippen molar-refractivity contribution in [2.45, 2.75) is 52.1 Å². The topological polar surface area (TPSA) is 91.8 Å². The molecule has 1 N–H and O–H groups in total. The maximum Gasteiger partial charge on any atom is 0.423 e. The number of nitrogens with one attached hydrogen (secondary N) is 1. The number of fused-ring (bicyclic) bond motifs is 1. The zero-order chi connectivity index (χ0) is 27.6. The van der Waals surface area contributed by atoms with Crippen LogP contribution in [0.4, 0.5) is 10.6 Å². The molecule has 0 atom stereocenters. The second-order valence-electron chi connectivity index (χ2n) is 11.5. The number of amides is 3. The second-order valence-corrected chi connectivity index (χ2v) is 11.5. The number of ether oxygens (including phenoxy) is 1. The highest BCUT2D eigenvalue weighted by molar-refractivity contribution is 6.15. The Morgan fingerprint density at radius 3 is 2.54 bits per heavy atom. The summed E-state index contributed by atoms with van der Waals surface area (Å²) in [6, 6.07) is 12.2. The molecule has 0 aliphatic carbocycles.